The van der Waals surface area contributed by atoms with Gasteiger partial charge in [0.15, 0.2) is 0 Å². The summed E-state index contributed by atoms with van der Waals surface area (Å²) in [5.74, 6) is -0.120. The minimum atomic E-state index is -3.60. The molecule has 0 N–H and O–H groups in total. The van der Waals surface area contributed by atoms with E-state index in [1.165, 1.54) is 21.4 Å². The second-order valence-corrected chi connectivity index (χ2v) is 8.83. The second-order valence-electron chi connectivity index (χ2n) is 6.37. The third-order valence-corrected chi connectivity index (χ3v) is 6.97. The largest absolute Gasteiger partial charge is 0.337 e. The van der Waals surface area contributed by atoms with Gasteiger partial charge in [0, 0.05) is 45.0 Å². The van der Waals surface area contributed by atoms with Gasteiger partial charge in [0.1, 0.15) is 15.9 Å². The Bertz CT molecular complexity index is 1090. The Morgan fingerprint density at radius 3 is 2.70 bits per heavy atom. The van der Waals surface area contributed by atoms with Gasteiger partial charge >= 0.3 is 0 Å². The summed E-state index contributed by atoms with van der Waals surface area (Å²) < 4.78 is 36.7. The molecule has 3 aromatic rings. The van der Waals surface area contributed by atoms with Crippen LogP contribution in [-0.2, 0) is 17.1 Å². The summed E-state index contributed by atoms with van der Waals surface area (Å²) in [6.07, 6.45) is 3.41. The number of rotatable bonds is 3. The molecule has 0 unspecified atom stereocenters. The lowest BCUT2D eigenvalue weighted by Gasteiger charge is -2.21. The van der Waals surface area contributed by atoms with E-state index in [9.17, 15) is 13.2 Å². The molecule has 11 heteroatoms. The SMILES string of the molecule is Cn1cc(S(=O)(=O)N2CCCN(C(=O)c3ccc4nsnc4c3)CC2)cn1. The summed E-state index contributed by atoms with van der Waals surface area (Å²) in [6, 6.07) is 5.25. The molecule has 1 amide bonds. The van der Waals surface area contributed by atoms with Crippen LogP contribution < -0.4 is 0 Å². The third kappa shape index (κ3) is 3.45. The molecule has 1 aliphatic heterocycles. The summed E-state index contributed by atoms with van der Waals surface area (Å²) in [6.45, 7) is 1.47. The molecule has 1 fully saturated rings. The van der Waals surface area contributed by atoms with Gasteiger partial charge in [0.05, 0.1) is 17.9 Å². The molecule has 0 radical (unpaired) electrons. The van der Waals surface area contributed by atoms with E-state index in [1.807, 2.05) is 0 Å². The maximum atomic E-state index is 12.8. The molecule has 1 saturated heterocycles. The van der Waals surface area contributed by atoms with Gasteiger partial charge in [0.25, 0.3) is 5.91 Å². The normalized spacial score (nSPS) is 16.6. The van der Waals surface area contributed by atoms with Crippen molar-refractivity contribution in [2.45, 2.75) is 11.3 Å². The zero-order valence-electron chi connectivity index (χ0n) is 14.6. The van der Waals surface area contributed by atoms with Crippen molar-refractivity contribution in [3.05, 3.63) is 36.2 Å². The minimum absolute atomic E-state index is 0.120. The first kappa shape index (κ1) is 18.0. The second kappa shape index (κ2) is 6.98. The predicted octanol–water partition coefficient (Wildman–Crippen LogP) is 0.962. The highest BCUT2D eigenvalue weighted by atomic mass is 32.2. The number of aryl methyl sites for hydroxylation is 1. The Balaban J connectivity index is 1.50. The smallest absolute Gasteiger partial charge is 0.253 e. The van der Waals surface area contributed by atoms with Crippen molar-refractivity contribution in [3.8, 4) is 0 Å². The van der Waals surface area contributed by atoms with Crippen LogP contribution in [0, 0.1) is 0 Å². The molecule has 0 atom stereocenters. The fraction of sp³-hybridized carbons (Fsp3) is 0.375. The molecule has 0 aliphatic carbocycles. The van der Waals surface area contributed by atoms with Gasteiger partial charge in [-0.15, -0.1) is 0 Å². The van der Waals surface area contributed by atoms with Crippen molar-refractivity contribution in [1.82, 2.24) is 27.7 Å². The van der Waals surface area contributed by atoms with Crippen molar-refractivity contribution >= 4 is 38.7 Å². The average molecular weight is 406 g/mol. The average Bonchev–Trinajstić information content (AvgIpc) is 3.22. The van der Waals surface area contributed by atoms with E-state index in [-0.39, 0.29) is 17.3 Å². The van der Waals surface area contributed by atoms with Crippen LogP contribution in [0.2, 0.25) is 0 Å². The van der Waals surface area contributed by atoms with E-state index in [1.54, 1.807) is 30.1 Å². The highest BCUT2D eigenvalue weighted by Gasteiger charge is 2.29. The van der Waals surface area contributed by atoms with E-state index in [2.05, 4.69) is 13.8 Å². The van der Waals surface area contributed by atoms with Crippen LogP contribution in [-0.4, -0.2) is 68.2 Å². The first-order valence-electron chi connectivity index (χ1n) is 8.45. The van der Waals surface area contributed by atoms with Crippen LogP contribution in [0.4, 0.5) is 0 Å². The third-order valence-electron chi connectivity index (χ3n) is 4.56. The molecule has 2 aromatic heterocycles. The topological polar surface area (TPSA) is 101 Å². The fourth-order valence-corrected chi connectivity index (χ4v) is 5.09. The van der Waals surface area contributed by atoms with Gasteiger partial charge in [-0.1, -0.05) is 0 Å². The van der Waals surface area contributed by atoms with Crippen molar-refractivity contribution in [2.75, 3.05) is 26.2 Å². The van der Waals surface area contributed by atoms with Crippen LogP contribution in [0.1, 0.15) is 16.8 Å². The molecule has 27 heavy (non-hydrogen) atoms. The zero-order valence-corrected chi connectivity index (χ0v) is 16.3. The lowest BCUT2D eigenvalue weighted by molar-refractivity contribution is 0.0764. The standard InChI is InChI=1S/C16H18N6O3S2/c1-20-11-13(10-17-20)27(24,25)22-6-2-5-21(7-8-22)16(23)12-3-4-14-15(9-12)19-26-18-14/h3-4,9-11H,2,5-8H2,1H3. The van der Waals surface area contributed by atoms with Crippen LogP contribution >= 0.6 is 11.7 Å². The first-order valence-corrected chi connectivity index (χ1v) is 10.6. The van der Waals surface area contributed by atoms with Crippen molar-refractivity contribution < 1.29 is 13.2 Å². The van der Waals surface area contributed by atoms with Gasteiger partial charge in [-0.3, -0.25) is 9.48 Å². The molecular formula is C16H18N6O3S2. The van der Waals surface area contributed by atoms with E-state index in [4.69, 9.17) is 0 Å². The molecule has 1 aliphatic rings. The fourth-order valence-electron chi connectivity index (χ4n) is 3.12. The maximum Gasteiger partial charge on any atom is 0.253 e. The van der Waals surface area contributed by atoms with Gasteiger partial charge in [-0.2, -0.15) is 18.2 Å². The molecule has 3 heterocycles. The number of hydrogen-bond donors (Lipinski definition) is 0. The summed E-state index contributed by atoms with van der Waals surface area (Å²) in [4.78, 5) is 14.7. The number of carbonyl (C=O) groups is 1. The number of fused-ring (bicyclic) bond motifs is 1. The Hall–Kier alpha value is -2.37. The van der Waals surface area contributed by atoms with Crippen LogP contribution in [0.25, 0.3) is 11.0 Å². The number of amides is 1. The quantitative estimate of drug-likeness (QED) is 0.642. The Morgan fingerprint density at radius 1 is 1.11 bits per heavy atom. The summed E-state index contributed by atoms with van der Waals surface area (Å²) in [5.41, 5.74) is 2.00. The van der Waals surface area contributed by atoms with E-state index < -0.39 is 10.0 Å². The molecule has 0 spiro atoms. The molecule has 0 bridgehead atoms. The minimum Gasteiger partial charge on any atom is -0.337 e. The highest BCUT2D eigenvalue weighted by Crippen LogP contribution is 2.19. The first-order chi connectivity index (χ1) is 12.9. The number of carbonyl (C=O) groups excluding carboxylic acids is 1. The number of benzene rings is 1. The maximum absolute atomic E-state index is 12.8. The van der Waals surface area contributed by atoms with Crippen LogP contribution in [0.15, 0.2) is 35.5 Å². The molecule has 142 valence electrons. The Kier molecular flexibility index (Phi) is 4.66. The zero-order chi connectivity index (χ0) is 19.0. The number of nitrogens with zero attached hydrogens (tertiary/aromatic N) is 6. The summed E-state index contributed by atoms with van der Waals surface area (Å²) in [5, 5.41) is 3.94. The van der Waals surface area contributed by atoms with E-state index >= 15 is 0 Å². The number of sulfonamides is 1. The monoisotopic (exact) mass is 406 g/mol. The van der Waals surface area contributed by atoms with Crippen molar-refractivity contribution in [1.29, 1.82) is 0 Å². The van der Waals surface area contributed by atoms with E-state index in [0.29, 0.717) is 37.1 Å². The van der Waals surface area contributed by atoms with Gasteiger partial charge < -0.3 is 4.90 Å². The molecule has 0 saturated carbocycles. The van der Waals surface area contributed by atoms with Crippen molar-refractivity contribution in [3.63, 3.8) is 0 Å². The van der Waals surface area contributed by atoms with Gasteiger partial charge in [0.2, 0.25) is 10.0 Å². The predicted molar refractivity (Wildman–Crippen MR) is 99.9 cm³/mol. The molecular weight excluding hydrogens is 388 g/mol. The number of hydrogen-bond acceptors (Lipinski definition) is 7. The van der Waals surface area contributed by atoms with Gasteiger partial charge in [-0.25, -0.2) is 8.42 Å². The van der Waals surface area contributed by atoms with Crippen LogP contribution in [0.5, 0.6) is 0 Å². The Morgan fingerprint density at radius 2 is 1.93 bits per heavy atom. The Labute approximate surface area is 160 Å². The molecule has 4 rings (SSSR count). The molecule has 1 aromatic carbocycles. The summed E-state index contributed by atoms with van der Waals surface area (Å²) in [7, 11) is -1.93. The van der Waals surface area contributed by atoms with E-state index in [0.717, 1.165) is 17.2 Å². The highest BCUT2D eigenvalue weighted by molar-refractivity contribution is 7.89. The number of aromatic nitrogens is 4. The summed E-state index contributed by atoms with van der Waals surface area (Å²) >= 11 is 1.11. The lowest BCUT2D eigenvalue weighted by atomic mass is 10.1. The molecule has 9 nitrogen and oxygen atoms in total. The van der Waals surface area contributed by atoms with Crippen LogP contribution in [0.3, 0.4) is 0 Å². The van der Waals surface area contributed by atoms with Crippen molar-refractivity contribution in [2.24, 2.45) is 7.05 Å². The van der Waals surface area contributed by atoms with Gasteiger partial charge in [-0.05, 0) is 24.6 Å². The lowest BCUT2D eigenvalue weighted by Crippen LogP contribution is -2.37.